The van der Waals surface area contributed by atoms with Gasteiger partial charge in [0.25, 0.3) is 0 Å². The van der Waals surface area contributed by atoms with Gasteiger partial charge >= 0.3 is 12.1 Å². The number of carboxylic acids is 1. The van der Waals surface area contributed by atoms with Crippen molar-refractivity contribution in [1.82, 2.24) is 10.6 Å². The van der Waals surface area contributed by atoms with E-state index in [9.17, 15) is 9.59 Å². The Balaban J connectivity index is 1.84. The molecular weight excluding hydrogens is 260 g/mol. The molecule has 0 spiro atoms. The summed E-state index contributed by atoms with van der Waals surface area (Å²) in [5.74, 6) is -1.13. The normalized spacial score (nSPS) is 19.3. The zero-order valence-electron chi connectivity index (χ0n) is 11.0. The van der Waals surface area contributed by atoms with Crippen molar-refractivity contribution in [2.24, 2.45) is 5.92 Å². The Morgan fingerprint density at radius 3 is 2.75 bits per heavy atom. The van der Waals surface area contributed by atoms with E-state index in [-0.39, 0.29) is 12.5 Å². The molecule has 6 nitrogen and oxygen atoms in total. The molecular formula is C14H18N2O4. The van der Waals surface area contributed by atoms with Gasteiger partial charge in [0.15, 0.2) is 0 Å². The number of carbonyl (C=O) groups excluding carboxylic acids is 1. The van der Waals surface area contributed by atoms with Crippen molar-refractivity contribution in [1.29, 1.82) is 0 Å². The van der Waals surface area contributed by atoms with Crippen molar-refractivity contribution in [2.75, 3.05) is 13.1 Å². The Labute approximate surface area is 117 Å². The van der Waals surface area contributed by atoms with Gasteiger partial charge in [-0.2, -0.15) is 0 Å². The Morgan fingerprint density at radius 1 is 1.40 bits per heavy atom. The zero-order chi connectivity index (χ0) is 14.4. The molecule has 0 unspecified atom stereocenters. The second-order valence-electron chi connectivity index (χ2n) is 4.77. The number of amides is 1. The molecule has 20 heavy (non-hydrogen) atoms. The van der Waals surface area contributed by atoms with Crippen LogP contribution in [0.25, 0.3) is 0 Å². The predicted molar refractivity (Wildman–Crippen MR) is 72.2 cm³/mol. The van der Waals surface area contributed by atoms with Gasteiger partial charge in [0.2, 0.25) is 0 Å². The van der Waals surface area contributed by atoms with Crippen LogP contribution in [0.15, 0.2) is 30.3 Å². The third kappa shape index (κ3) is 3.96. The predicted octanol–water partition coefficient (Wildman–Crippen LogP) is 0.975. The number of carboxylic acid groups (broad SMARTS) is 1. The lowest BCUT2D eigenvalue weighted by Crippen LogP contribution is -2.46. The fourth-order valence-electron chi connectivity index (χ4n) is 2.23. The highest BCUT2D eigenvalue weighted by atomic mass is 16.5. The van der Waals surface area contributed by atoms with E-state index in [1.165, 1.54) is 0 Å². The molecule has 1 fully saturated rings. The molecule has 0 aliphatic carbocycles. The highest BCUT2D eigenvalue weighted by molar-refractivity contribution is 5.80. The number of benzene rings is 1. The van der Waals surface area contributed by atoms with Gasteiger partial charge in [-0.15, -0.1) is 0 Å². The van der Waals surface area contributed by atoms with E-state index in [1.807, 2.05) is 30.3 Å². The Kier molecular flexibility index (Phi) is 4.95. The van der Waals surface area contributed by atoms with E-state index < -0.39 is 18.1 Å². The van der Waals surface area contributed by atoms with E-state index in [4.69, 9.17) is 9.84 Å². The molecule has 0 saturated carbocycles. The van der Waals surface area contributed by atoms with E-state index in [2.05, 4.69) is 10.6 Å². The lowest BCUT2D eigenvalue weighted by Gasteiger charge is -2.19. The van der Waals surface area contributed by atoms with Crippen LogP contribution in [0.3, 0.4) is 0 Å². The number of hydrogen-bond donors (Lipinski definition) is 3. The highest BCUT2D eigenvalue weighted by Crippen LogP contribution is 2.13. The second kappa shape index (κ2) is 6.91. The monoisotopic (exact) mass is 278 g/mol. The zero-order valence-corrected chi connectivity index (χ0v) is 11.0. The summed E-state index contributed by atoms with van der Waals surface area (Å²) in [6.07, 6.45) is 0.0313. The molecule has 1 aliphatic heterocycles. The molecule has 1 aliphatic rings. The van der Waals surface area contributed by atoms with Gasteiger partial charge in [-0.1, -0.05) is 30.3 Å². The van der Waals surface area contributed by atoms with Crippen LogP contribution in [0, 0.1) is 5.92 Å². The van der Waals surface area contributed by atoms with Gasteiger partial charge in [-0.25, -0.2) is 9.59 Å². The first-order chi connectivity index (χ1) is 9.66. The lowest BCUT2D eigenvalue weighted by molar-refractivity contribution is -0.140. The average Bonchev–Trinajstić information content (AvgIpc) is 2.97. The van der Waals surface area contributed by atoms with Crippen molar-refractivity contribution in [3.63, 3.8) is 0 Å². The van der Waals surface area contributed by atoms with E-state index in [0.29, 0.717) is 6.54 Å². The first-order valence-corrected chi connectivity index (χ1v) is 6.57. The minimum atomic E-state index is -1.03. The number of hydrogen-bond acceptors (Lipinski definition) is 4. The number of aliphatic carboxylic acids is 1. The maximum atomic E-state index is 11.7. The molecule has 0 aromatic heterocycles. The van der Waals surface area contributed by atoms with Gasteiger partial charge in [0.05, 0.1) is 0 Å². The molecule has 108 valence electrons. The second-order valence-corrected chi connectivity index (χ2v) is 4.77. The van der Waals surface area contributed by atoms with Crippen molar-refractivity contribution in [3.8, 4) is 0 Å². The largest absolute Gasteiger partial charge is 0.480 e. The van der Waals surface area contributed by atoms with Gasteiger partial charge in [-0.05, 0) is 18.5 Å². The van der Waals surface area contributed by atoms with Crippen LogP contribution in [-0.2, 0) is 16.1 Å². The average molecular weight is 278 g/mol. The molecule has 1 aromatic rings. The number of carbonyl (C=O) groups is 2. The fourth-order valence-corrected chi connectivity index (χ4v) is 2.23. The summed E-state index contributed by atoms with van der Waals surface area (Å²) in [6.45, 7) is 1.49. The lowest BCUT2D eigenvalue weighted by atomic mass is 9.99. The summed E-state index contributed by atoms with van der Waals surface area (Å²) >= 11 is 0. The first-order valence-electron chi connectivity index (χ1n) is 6.57. The van der Waals surface area contributed by atoms with Crippen molar-refractivity contribution in [3.05, 3.63) is 35.9 Å². The number of ether oxygens (including phenoxy) is 1. The summed E-state index contributed by atoms with van der Waals surface area (Å²) in [4.78, 5) is 22.9. The molecule has 1 saturated heterocycles. The standard InChI is InChI=1S/C14H18N2O4/c17-13(18)12(11-6-7-15-8-11)16-14(19)20-9-10-4-2-1-3-5-10/h1-5,11-12,15H,6-9H2,(H,16,19)(H,17,18)/t11-,12-/m0/s1. The van der Waals surface area contributed by atoms with Crippen molar-refractivity contribution >= 4 is 12.1 Å². The topological polar surface area (TPSA) is 87.7 Å². The van der Waals surface area contributed by atoms with Gasteiger partial charge in [0.1, 0.15) is 12.6 Å². The molecule has 0 radical (unpaired) electrons. The molecule has 2 rings (SSSR count). The number of nitrogens with one attached hydrogen (secondary N) is 2. The van der Waals surface area contributed by atoms with Crippen molar-refractivity contribution < 1.29 is 19.4 Å². The minimum Gasteiger partial charge on any atom is -0.480 e. The molecule has 1 heterocycles. The van der Waals surface area contributed by atoms with Crippen LogP contribution < -0.4 is 10.6 Å². The number of alkyl carbamates (subject to hydrolysis) is 1. The van der Waals surface area contributed by atoms with Crippen LogP contribution in [-0.4, -0.2) is 36.3 Å². The fraction of sp³-hybridized carbons (Fsp3) is 0.429. The molecule has 1 amide bonds. The smallest absolute Gasteiger partial charge is 0.408 e. The first kappa shape index (κ1) is 14.3. The van der Waals surface area contributed by atoms with Crippen LogP contribution in [0.4, 0.5) is 4.79 Å². The molecule has 6 heteroatoms. The highest BCUT2D eigenvalue weighted by Gasteiger charge is 2.32. The molecule has 3 N–H and O–H groups in total. The summed E-state index contributed by atoms with van der Waals surface area (Å²) in [5, 5.41) is 14.7. The Morgan fingerprint density at radius 2 is 2.15 bits per heavy atom. The third-order valence-electron chi connectivity index (χ3n) is 3.32. The summed E-state index contributed by atoms with van der Waals surface area (Å²) < 4.78 is 5.03. The quantitative estimate of drug-likeness (QED) is 0.747. The Hall–Kier alpha value is -2.08. The van der Waals surface area contributed by atoms with Crippen molar-refractivity contribution in [2.45, 2.75) is 19.1 Å². The molecule has 1 aromatic carbocycles. The molecule has 2 atom stereocenters. The van der Waals surface area contributed by atoms with Gasteiger partial charge in [0, 0.05) is 12.5 Å². The van der Waals surface area contributed by atoms with Crippen LogP contribution >= 0.6 is 0 Å². The summed E-state index contributed by atoms with van der Waals surface area (Å²) in [5.41, 5.74) is 0.858. The SMILES string of the molecule is O=C(N[C@H](C(=O)O)[C@H]1CCNC1)OCc1ccccc1. The Bertz CT molecular complexity index is 458. The van der Waals surface area contributed by atoms with Crippen LogP contribution in [0.1, 0.15) is 12.0 Å². The van der Waals surface area contributed by atoms with E-state index in [0.717, 1.165) is 18.5 Å². The van der Waals surface area contributed by atoms with E-state index in [1.54, 1.807) is 0 Å². The minimum absolute atomic E-state index is 0.100. The summed E-state index contributed by atoms with van der Waals surface area (Å²) in [7, 11) is 0. The third-order valence-corrected chi connectivity index (χ3v) is 3.32. The van der Waals surface area contributed by atoms with Crippen LogP contribution in [0.2, 0.25) is 0 Å². The van der Waals surface area contributed by atoms with Crippen LogP contribution in [0.5, 0.6) is 0 Å². The van der Waals surface area contributed by atoms with Gasteiger partial charge in [-0.3, -0.25) is 0 Å². The summed E-state index contributed by atoms with van der Waals surface area (Å²) in [6, 6.07) is 8.33. The van der Waals surface area contributed by atoms with E-state index >= 15 is 0 Å². The number of rotatable bonds is 5. The molecule has 0 bridgehead atoms. The maximum Gasteiger partial charge on any atom is 0.408 e. The van der Waals surface area contributed by atoms with Gasteiger partial charge < -0.3 is 20.5 Å². The maximum absolute atomic E-state index is 11.7.